The maximum absolute atomic E-state index is 12.5. The van der Waals surface area contributed by atoms with E-state index in [9.17, 15) is 9.59 Å². The summed E-state index contributed by atoms with van der Waals surface area (Å²) in [5.74, 6) is 0.436. The molecule has 5 heteroatoms. The highest BCUT2D eigenvalue weighted by atomic mass is 16.2. The Labute approximate surface area is 109 Å². The van der Waals surface area contributed by atoms with Crippen LogP contribution in [-0.4, -0.2) is 49.9 Å². The van der Waals surface area contributed by atoms with Gasteiger partial charge in [-0.3, -0.25) is 9.59 Å². The quantitative estimate of drug-likeness (QED) is 0.738. The Hall–Kier alpha value is -1.10. The minimum atomic E-state index is -0.0987. The van der Waals surface area contributed by atoms with Gasteiger partial charge in [-0.25, -0.2) is 0 Å². The molecule has 104 valence electrons. The molecule has 2 unspecified atom stereocenters. The molecule has 2 atom stereocenters. The third kappa shape index (κ3) is 3.98. The van der Waals surface area contributed by atoms with E-state index in [1.54, 1.807) is 11.9 Å². The van der Waals surface area contributed by atoms with Crippen LogP contribution in [0.3, 0.4) is 0 Å². The van der Waals surface area contributed by atoms with Crippen LogP contribution in [0.15, 0.2) is 0 Å². The molecule has 0 bridgehead atoms. The molecule has 0 radical (unpaired) electrons. The summed E-state index contributed by atoms with van der Waals surface area (Å²) < 4.78 is 0. The lowest BCUT2D eigenvalue weighted by Gasteiger charge is -2.33. The molecular weight excluding hydrogens is 230 g/mol. The van der Waals surface area contributed by atoms with Crippen molar-refractivity contribution in [3.63, 3.8) is 0 Å². The van der Waals surface area contributed by atoms with Gasteiger partial charge in [0.1, 0.15) is 0 Å². The summed E-state index contributed by atoms with van der Waals surface area (Å²) in [5.41, 5.74) is 0. The summed E-state index contributed by atoms with van der Waals surface area (Å²) in [7, 11) is 1.60. The second-order valence-corrected chi connectivity index (χ2v) is 5.01. The van der Waals surface area contributed by atoms with Gasteiger partial charge in [-0.1, -0.05) is 13.8 Å². The topological polar surface area (TPSA) is 61.4 Å². The highest BCUT2D eigenvalue weighted by molar-refractivity contribution is 5.86. The molecule has 18 heavy (non-hydrogen) atoms. The number of piperidine rings is 1. The lowest BCUT2D eigenvalue weighted by Crippen LogP contribution is -2.48. The Morgan fingerprint density at radius 1 is 1.44 bits per heavy atom. The molecule has 1 rings (SSSR count). The van der Waals surface area contributed by atoms with Crippen molar-refractivity contribution < 1.29 is 9.59 Å². The summed E-state index contributed by atoms with van der Waals surface area (Å²) in [6.45, 7) is 6.73. The average molecular weight is 255 g/mol. The first-order chi connectivity index (χ1) is 8.60. The van der Waals surface area contributed by atoms with E-state index >= 15 is 0 Å². The van der Waals surface area contributed by atoms with E-state index in [-0.39, 0.29) is 24.3 Å². The number of rotatable bonds is 5. The number of hydrogen-bond donors (Lipinski definition) is 2. The molecule has 0 aliphatic carbocycles. The molecule has 1 heterocycles. The van der Waals surface area contributed by atoms with E-state index in [0.29, 0.717) is 12.5 Å². The van der Waals surface area contributed by atoms with Gasteiger partial charge in [0.15, 0.2) is 0 Å². The van der Waals surface area contributed by atoms with Crippen molar-refractivity contribution >= 4 is 11.8 Å². The zero-order valence-corrected chi connectivity index (χ0v) is 11.7. The summed E-state index contributed by atoms with van der Waals surface area (Å²) in [4.78, 5) is 25.6. The molecule has 2 N–H and O–H groups in total. The molecule has 0 spiro atoms. The smallest absolute Gasteiger partial charge is 0.239 e. The normalized spacial score (nSPS) is 23.5. The van der Waals surface area contributed by atoms with Crippen LogP contribution >= 0.6 is 0 Å². The van der Waals surface area contributed by atoms with Crippen LogP contribution < -0.4 is 10.6 Å². The Morgan fingerprint density at radius 3 is 2.72 bits per heavy atom. The van der Waals surface area contributed by atoms with E-state index in [4.69, 9.17) is 0 Å². The van der Waals surface area contributed by atoms with Crippen LogP contribution in [0.5, 0.6) is 0 Å². The van der Waals surface area contributed by atoms with Crippen LogP contribution in [0, 0.1) is 11.8 Å². The Balaban J connectivity index is 2.65. The molecule has 1 aliphatic heterocycles. The molecule has 0 aromatic rings. The number of nitrogens with zero attached hydrogens (tertiary/aromatic N) is 1. The first kappa shape index (κ1) is 15.0. The maximum atomic E-state index is 12.5. The first-order valence-corrected chi connectivity index (χ1v) is 6.80. The summed E-state index contributed by atoms with van der Waals surface area (Å²) in [6.07, 6.45) is 1.75. The third-order valence-electron chi connectivity index (χ3n) is 3.52. The van der Waals surface area contributed by atoms with E-state index in [2.05, 4.69) is 17.6 Å². The minimum absolute atomic E-state index is 0.0578. The first-order valence-electron chi connectivity index (χ1n) is 6.80. The lowest BCUT2D eigenvalue weighted by atomic mass is 9.86. The van der Waals surface area contributed by atoms with Crippen LogP contribution in [-0.2, 0) is 9.59 Å². The Bertz CT molecular complexity index is 294. The molecule has 0 aromatic heterocycles. The fourth-order valence-electron chi connectivity index (χ4n) is 2.40. The summed E-state index contributed by atoms with van der Waals surface area (Å²) in [6, 6.07) is 0. The molecule has 1 fully saturated rings. The fourth-order valence-corrected chi connectivity index (χ4v) is 2.40. The van der Waals surface area contributed by atoms with Crippen molar-refractivity contribution in [3.05, 3.63) is 0 Å². The zero-order chi connectivity index (χ0) is 13.5. The van der Waals surface area contributed by atoms with Gasteiger partial charge in [0.05, 0.1) is 6.54 Å². The van der Waals surface area contributed by atoms with Crippen molar-refractivity contribution in [1.82, 2.24) is 15.5 Å². The van der Waals surface area contributed by atoms with Gasteiger partial charge in [0.2, 0.25) is 11.8 Å². The highest BCUT2D eigenvalue weighted by Gasteiger charge is 2.31. The number of amides is 2. The molecule has 5 nitrogen and oxygen atoms in total. The van der Waals surface area contributed by atoms with Crippen LogP contribution in [0.2, 0.25) is 0 Å². The van der Waals surface area contributed by atoms with Gasteiger partial charge >= 0.3 is 0 Å². The second-order valence-electron chi connectivity index (χ2n) is 5.01. The third-order valence-corrected chi connectivity index (χ3v) is 3.52. The van der Waals surface area contributed by atoms with Gasteiger partial charge in [-0.15, -0.1) is 0 Å². The van der Waals surface area contributed by atoms with Gasteiger partial charge in [-0.2, -0.15) is 0 Å². The summed E-state index contributed by atoms with van der Waals surface area (Å²) >= 11 is 0. The van der Waals surface area contributed by atoms with E-state index in [1.807, 2.05) is 6.92 Å². The predicted molar refractivity (Wildman–Crippen MR) is 71.1 cm³/mol. The molecule has 1 saturated heterocycles. The van der Waals surface area contributed by atoms with E-state index in [0.717, 1.165) is 25.9 Å². The van der Waals surface area contributed by atoms with Crippen LogP contribution in [0.1, 0.15) is 26.7 Å². The second kappa shape index (κ2) is 7.36. The van der Waals surface area contributed by atoms with Crippen LogP contribution in [0.25, 0.3) is 0 Å². The molecular formula is C13H25N3O2. The van der Waals surface area contributed by atoms with Crippen molar-refractivity contribution in [2.45, 2.75) is 26.7 Å². The standard InChI is InChI=1S/C13H25N3O2/c1-4-7-16(9-12(17)14-3)13(18)11-5-6-15-8-10(11)2/h10-11,15H,4-9H2,1-3H3,(H,14,17). The molecule has 0 aromatic carbocycles. The van der Waals surface area contributed by atoms with Gasteiger partial charge in [-0.05, 0) is 31.8 Å². The highest BCUT2D eigenvalue weighted by Crippen LogP contribution is 2.21. The zero-order valence-electron chi connectivity index (χ0n) is 11.7. The SMILES string of the molecule is CCCN(CC(=O)NC)C(=O)C1CCNCC1C. The number of nitrogens with one attached hydrogen (secondary N) is 2. The van der Waals surface area contributed by atoms with Crippen LogP contribution in [0.4, 0.5) is 0 Å². The monoisotopic (exact) mass is 255 g/mol. The molecule has 2 amide bonds. The lowest BCUT2D eigenvalue weighted by molar-refractivity contribution is -0.141. The molecule has 0 saturated carbocycles. The van der Waals surface area contributed by atoms with Crippen molar-refractivity contribution in [3.8, 4) is 0 Å². The fraction of sp³-hybridized carbons (Fsp3) is 0.846. The number of carbonyl (C=O) groups excluding carboxylic acids is 2. The average Bonchev–Trinajstić information content (AvgIpc) is 2.38. The van der Waals surface area contributed by atoms with Crippen molar-refractivity contribution in [2.24, 2.45) is 11.8 Å². The summed E-state index contributed by atoms with van der Waals surface area (Å²) in [5, 5.41) is 5.87. The van der Waals surface area contributed by atoms with Gasteiger partial charge in [0, 0.05) is 19.5 Å². The Kier molecular flexibility index (Phi) is 6.12. The maximum Gasteiger partial charge on any atom is 0.239 e. The predicted octanol–water partition coefficient (Wildman–Crippen LogP) is 0.217. The largest absolute Gasteiger partial charge is 0.358 e. The minimum Gasteiger partial charge on any atom is -0.358 e. The number of carbonyl (C=O) groups is 2. The number of hydrogen-bond acceptors (Lipinski definition) is 3. The van der Waals surface area contributed by atoms with Crippen molar-refractivity contribution in [2.75, 3.05) is 33.2 Å². The Morgan fingerprint density at radius 2 is 2.17 bits per heavy atom. The van der Waals surface area contributed by atoms with Crippen molar-refractivity contribution in [1.29, 1.82) is 0 Å². The molecule has 1 aliphatic rings. The van der Waals surface area contributed by atoms with E-state index in [1.165, 1.54) is 0 Å². The number of likely N-dealkylation sites (N-methyl/N-ethyl adjacent to an activating group) is 1. The van der Waals surface area contributed by atoms with Gasteiger partial charge < -0.3 is 15.5 Å². The van der Waals surface area contributed by atoms with E-state index < -0.39 is 0 Å². The van der Waals surface area contributed by atoms with Gasteiger partial charge in [0.25, 0.3) is 0 Å².